The number of hydrogen-bond donors (Lipinski definition) is 2. The van der Waals surface area contributed by atoms with Crippen molar-refractivity contribution in [2.24, 2.45) is 0 Å². The standard InChI is InChI=1S/C20H17F6N5O2S/c1-2-33-15-5-3-11(4-6-15)17-29-30-18(31(17)27)34-10-16(32)28-14-8-12(19(21,22)23)7-13(9-14)20(24,25)26/h3-9H,2,10,27H2,1H3,(H,28,32). The number of carbonyl (C=O) groups excluding carboxylic acids is 1. The second-order valence-corrected chi connectivity index (χ2v) is 7.71. The van der Waals surface area contributed by atoms with Gasteiger partial charge in [-0.2, -0.15) is 26.3 Å². The molecule has 7 nitrogen and oxygen atoms in total. The minimum atomic E-state index is -5.03. The maximum atomic E-state index is 13.0. The van der Waals surface area contributed by atoms with Crippen molar-refractivity contribution in [2.45, 2.75) is 24.4 Å². The van der Waals surface area contributed by atoms with Gasteiger partial charge in [0, 0.05) is 11.3 Å². The van der Waals surface area contributed by atoms with Crippen LogP contribution in [-0.4, -0.2) is 33.1 Å². The summed E-state index contributed by atoms with van der Waals surface area (Å²) in [5, 5.41) is 9.96. The molecule has 0 spiro atoms. The molecule has 1 heterocycles. The van der Waals surface area contributed by atoms with Crippen molar-refractivity contribution in [1.82, 2.24) is 14.9 Å². The fourth-order valence-corrected chi connectivity index (χ4v) is 3.45. The highest BCUT2D eigenvalue weighted by molar-refractivity contribution is 7.99. The summed E-state index contributed by atoms with van der Waals surface area (Å²) in [6.07, 6.45) is -10.1. The number of nitrogen functional groups attached to an aromatic ring is 1. The Morgan fingerprint density at radius 1 is 1.03 bits per heavy atom. The van der Waals surface area contributed by atoms with Gasteiger partial charge in [0.1, 0.15) is 5.75 Å². The van der Waals surface area contributed by atoms with Gasteiger partial charge >= 0.3 is 12.4 Å². The number of benzene rings is 2. The average Bonchev–Trinajstić information content (AvgIpc) is 3.12. The van der Waals surface area contributed by atoms with E-state index in [0.717, 1.165) is 16.4 Å². The molecule has 0 bridgehead atoms. The van der Waals surface area contributed by atoms with Crippen LogP contribution in [0.1, 0.15) is 18.1 Å². The number of amides is 1. The molecule has 0 atom stereocenters. The summed E-state index contributed by atoms with van der Waals surface area (Å²) in [6, 6.07) is 7.64. The van der Waals surface area contributed by atoms with Crippen LogP contribution in [-0.2, 0) is 17.1 Å². The number of rotatable bonds is 7. The third-order valence-corrected chi connectivity index (χ3v) is 5.23. The Balaban J connectivity index is 1.70. The summed E-state index contributed by atoms with van der Waals surface area (Å²) in [6.45, 7) is 2.33. The first-order valence-corrected chi connectivity index (χ1v) is 10.5. The fourth-order valence-electron chi connectivity index (χ4n) is 2.79. The summed E-state index contributed by atoms with van der Waals surface area (Å²) >= 11 is 0.804. The predicted octanol–water partition coefficient (Wildman–Crippen LogP) is 4.83. The number of alkyl halides is 6. The normalized spacial score (nSPS) is 12.0. The zero-order valence-corrected chi connectivity index (χ0v) is 18.2. The smallest absolute Gasteiger partial charge is 0.416 e. The molecular weight excluding hydrogens is 488 g/mol. The molecule has 0 aliphatic carbocycles. The van der Waals surface area contributed by atoms with Gasteiger partial charge in [0.25, 0.3) is 0 Å². The second-order valence-electron chi connectivity index (χ2n) is 6.76. The van der Waals surface area contributed by atoms with Crippen LogP contribution in [0.25, 0.3) is 11.4 Å². The van der Waals surface area contributed by atoms with Gasteiger partial charge in [0.05, 0.1) is 23.5 Å². The van der Waals surface area contributed by atoms with Crippen molar-refractivity contribution < 1.29 is 35.9 Å². The minimum Gasteiger partial charge on any atom is -0.494 e. The van der Waals surface area contributed by atoms with E-state index in [9.17, 15) is 31.1 Å². The first kappa shape index (κ1) is 25.2. The van der Waals surface area contributed by atoms with Crippen molar-refractivity contribution in [2.75, 3.05) is 23.5 Å². The molecular formula is C20H17F6N5O2S. The zero-order valence-electron chi connectivity index (χ0n) is 17.4. The first-order chi connectivity index (χ1) is 15.9. The molecule has 1 aromatic heterocycles. The highest BCUT2D eigenvalue weighted by Crippen LogP contribution is 2.37. The summed E-state index contributed by atoms with van der Waals surface area (Å²) in [5.74, 6) is 5.63. The van der Waals surface area contributed by atoms with Gasteiger partial charge in [-0.3, -0.25) is 4.79 Å². The predicted molar refractivity (Wildman–Crippen MR) is 113 cm³/mol. The van der Waals surface area contributed by atoms with Crippen molar-refractivity contribution in [3.63, 3.8) is 0 Å². The Morgan fingerprint density at radius 3 is 2.15 bits per heavy atom. The summed E-state index contributed by atoms with van der Waals surface area (Å²) in [5.41, 5.74) is -3.10. The number of nitrogens with two attached hydrogens (primary N) is 1. The van der Waals surface area contributed by atoms with Crippen LogP contribution in [0.2, 0.25) is 0 Å². The van der Waals surface area contributed by atoms with E-state index in [1.54, 1.807) is 24.3 Å². The van der Waals surface area contributed by atoms with Gasteiger partial charge in [-0.25, -0.2) is 4.68 Å². The molecule has 3 aromatic rings. The lowest BCUT2D eigenvalue weighted by atomic mass is 10.1. The van der Waals surface area contributed by atoms with Crippen molar-refractivity contribution in [1.29, 1.82) is 0 Å². The SMILES string of the molecule is CCOc1ccc(-c2nnc(SCC(=O)Nc3cc(C(F)(F)F)cc(C(F)(F)F)c3)n2N)cc1. The van der Waals surface area contributed by atoms with E-state index in [4.69, 9.17) is 10.6 Å². The fraction of sp³-hybridized carbons (Fsp3) is 0.250. The molecule has 0 saturated carbocycles. The van der Waals surface area contributed by atoms with Crippen molar-refractivity contribution >= 4 is 23.4 Å². The number of anilines is 1. The molecule has 0 saturated heterocycles. The van der Waals surface area contributed by atoms with Gasteiger partial charge in [0.2, 0.25) is 11.1 Å². The van der Waals surface area contributed by atoms with Crippen LogP contribution in [0.4, 0.5) is 32.0 Å². The Morgan fingerprint density at radius 2 is 1.62 bits per heavy atom. The second kappa shape index (κ2) is 9.83. The number of nitrogens with zero attached hydrogens (tertiary/aromatic N) is 3. The molecule has 3 N–H and O–H groups in total. The molecule has 14 heteroatoms. The van der Waals surface area contributed by atoms with E-state index in [1.165, 1.54) is 0 Å². The lowest BCUT2D eigenvalue weighted by Gasteiger charge is -2.14. The average molecular weight is 505 g/mol. The third-order valence-electron chi connectivity index (χ3n) is 4.29. The lowest BCUT2D eigenvalue weighted by molar-refractivity contribution is -0.143. The van der Waals surface area contributed by atoms with Crippen LogP contribution in [0.15, 0.2) is 47.6 Å². The van der Waals surface area contributed by atoms with Gasteiger partial charge in [0.15, 0.2) is 5.82 Å². The number of hydrogen-bond acceptors (Lipinski definition) is 6. The van der Waals surface area contributed by atoms with E-state index in [2.05, 4.69) is 10.2 Å². The maximum Gasteiger partial charge on any atom is 0.416 e. The van der Waals surface area contributed by atoms with Crippen LogP contribution < -0.4 is 15.9 Å². The molecule has 0 unspecified atom stereocenters. The Hall–Kier alpha value is -3.42. The van der Waals surface area contributed by atoms with E-state index < -0.39 is 40.8 Å². The molecule has 1 amide bonds. The molecule has 34 heavy (non-hydrogen) atoms. The minimum absolute atomic E-state index is 0.0241. The summed E-state index contributed by atoms with van der Waals surface area (Å²) in [7, 11) is 0. The van der Waals surface area contributed by atoms with Crippen LogP contribution in [0.3, 0.4) is 0 Å². The summed E-state index contributed by atoms with van der Waals surface area (Å²) in [4.78, 5) is 12.2. The van der Waals surface area contributed by atoms with Crippen LogP contribution in [0.5, 0.6) is 5.75 Å². The molecule has 2 aromatic carbocycles. The van der Waals surface area contributed by atoms with E-state index >= 15 is 0 Å². The number of aromatic nitrogens is 3. The molecule has 0 aliphatic rings. The Kier molecular flexibility index (Phi) is 7.29. The van der Waals surface area contributed by atoms with Gasteiger partial charge in [-0.1, -0.05) is 11.8 Å². The molecule has 182 valence electrons. The number of thioether (sulfide) groups is 1. The highest BCUT2D eigenvalue weighted by atomic mass is 32.2. The number of nitrogens with one attached hydrogen (secondary N) is 1. The Bertz CT molecular complexity index is 1130. The molecule has 0 aliphatic heterocycles. The Labute approximate surface area is 193 Å². The van der Waals surface area contributed by atoms with E-state index in [-0.39, 0.29) is 17.0 Å². The zero-order chi connectivity index (χ0) is 25.1. The largest absolute Gasteiger partial charge is 0.494 e. The third kappa shape index (κ3) is 6.12. The molecule has 3 rings (SSSR count). The van der Waals surface area contributed by atoms with Gasteiger partial charge in [-0.15, -0.1) is 10.2 Å². The van der Waals surface area contributed by atoms with Crippen LogP contribution >= 0.6 is 11.8 Å². The quantitative estimate of drug-likeness (QED) is 0.272. The number of ether oxygens (including phenoxy) is 1. The summed E-state index contributed by atoms with van der Waals surface area (Å²) < 4.78 is 84.3. The van der Waals surface area contributed by atoms with Gasteiger partial charge < -0.3 is 15.9 Å². The molecule has 0 fully saturated rings. The first-order valence-electron chi connectivity index (χ1n) is 9.54. The van der Waals surface area contributed by atoms with E-state index in [1.807, 2.05) is 12.2 Å². The lowest BCUT2D eigenvalue weighted by Crippen LogP contribution is -2.18. The van der Waals surface area contributed by atoms with Gasteiger partial charge in [-0.05, 0) is 49.4 Å². The van der Waals surface area contributed by atoms with Crippen molar-refractivity contribution in [3.8, 4) is 17.1 Å². The topological polar surface area (TPSA) is 95.1 Å². The monoisotopic (exact) mass is 505 g/mol. The number of carbonyl (C=O) groups is 1. The van der Waals surface area contributed by atoms with E-state index in [0.29, 0.717) is 30.1 Å². The maximum absolute atomic E-state index is 13.0. The number of halogens is 6. The van der Waals surface area contributed by atoms with Crippen LogP contribution in [0, 0.1) is 0 Å². The molecule has 0 radical (unpaired) electrons. The van der Waals surface area contributed by atoms with Crippen molar-refractivity contribution in [3.05, 3.63) is 53.6 Å². The highest BCUT2D eigenvalue weighted by Gasteiger charge is 2.37.